The highest BCUT2D eigenvalue weighted by Crippen LogP contribution is 2.34. The van der Waals surface area contributed by atoms with Crippen molar-refractivity contribution in [2.75, 3.05) is 0 Å². The number of thiazole rings is 1. The van der Waals surface area contributed by atoms with E-state index in [1.165, 1.54) is 23.5 Å². The summed E-state index contributed by atoms with van der Waals surface area (Å²) < 4.78 is 15.3. The molecule has 1 N–H and O–H groups in total. The summed E-state index contributed by atoms with van der Waals surface area (Å²) in [7, 11) is 1.89. The zero-order chi connectivity index (χ0) is 15.7. The summed E-state index contributed by atoms with van der Waals surface area (Å²) in [5.41, 5.74) is 5.14. The maximum Gasteiger partial charge on any atom is 0.123 e. The van der Waals surface area contributed by atoms with Gasteiger partial charge in [-0.15, -0.1) is 11.3 Å². The van der Waals surface area contributed by atoms with Crippen LogP contribution in [0.1, 0.15) is 30.0 Å². The number of aromatic nitrogens is 3. The van der Waals surface area contributed by atoms with Crippen LogP contribution in [0, 0.1) is 5.82 Å². The first-order valence-electron chi connectivity index (χ1n) is 6.93. The van der Waals surface area contributed by atoms with Crippen LogP contribution in [0.5, 0.6) is 0 Å². The second-order valence-corrected chi connectivity index (χ2v) is 6.01. The third-order valence-corrected chi connectivity index (χ3v) is 4.52. The molecule has 0 radical (unpaired) electrons. The molecule has 0 aliphatic heterocycles. The van der Waals surface area contributed by atoms with Gasteiger partial charge < -0.3 is 5.11 Å². The minimum absolute atomic E-state index is 0.350. The number of aliphatic hydroxyl groups is 1. The first-order chi connectivity index (χ1) is 10.6. The van der Waals surface area contributed by atoms with Gasteiger partial charge in [-0.1, -0.05) is 6.07 Å². The average Bonchev–Trinajstić information content (AvgIpc) is 3.09. The number of aliphatic hydroxyl groups excluding tert-OH is 1. The normalized spacial score (nSPS) is 12.5. The van der Waals surface area contributed by atoms with Crippen molar-refractivity contribution in [3.8, 4) is 10.4 Å². The molecule has 1 aromatic carbocycles. The summed E-state index contributed by atoms with van der Waals surface area (Å²) in [6.45, 7) is 1.64. The zero-order valence-electron chi connectivity index (χ0n) is 12.3. The monoisotopic (exact) mass is 317 g/mol. The van der Waals surface area contributed by atoms with Crippen molar-refractivity contribution in [2.45, 2.75) is 19.4 Å². The van der Waals surface area contributed by atoms with Crippen molar-refractivity contribution in [1.82, 2.24) is 14.8 Å². The second-order valence-electron chi connectivity index (χ2n) is 5.16. The van der Waals surface area contributed by atoms with E-state index < -0.39 is 6.10 Å². The van der Waals surface area contributed by atoms with Gasteiger partial charge in [-0.3, -0.25) is 4.68 Å². The van der Waals surface area contributed by atoms with Crippen molar-refractivity contribution < 1.29 is 9.50 Å². The van der Waals surface area contributed by atoms with Crippen molar-refractivity contribution in [3.63, 3.8) is 0 Å². The van der Waals surface area contributed by atoms with Crippen LogP contribution in [0.4, 0.5) is 4.39 Å². The van der Waals surface area contributed by atoms with Crippen molar-refractivity contribution in [2.24, 2.45) is 7.05 Å². The van der Waals surface area contributed by atoms with Crippen LogP contribution in [0.2, 0.25) is 0 Å². The molecular formula is C16H16FN3OS. The summed E-state index contributed by atoms with van der Waals surface area (Å²) in [6, 6.07) is 6.45. The second kappa shape index (κ2) is 5.98. The largest absolute Gasteiger partial charge is 0.389 e. The van der Waals surface area contributed by atoms with E-state index in [0.717, 1.165) is 21.8 Å². The maximum absolute atomic E-state index is 13.5. The SMILES string of the molecule is C[C@@H](O)c1cc(F)ccc1-c1scnc1Cc1ccnn1C. The van der Waals surface area contributed by atoms with Gasteiger partial charge in [-0.2, -0.15) is 5.10 Å². The van der Waals surface area contributed by atoms with Gasteiger partial charge in [0.15, 0.2) is 0 Å². The van der Waals surface area contributed by atoms with Crippen molar-refractivity contribution in [3.05, 3.63) is 58.7 Å². The molecule has 0 spiro atoms. The van der Waals surface area contributed by atoms with E-state index in [-0.39, 0.29) is 5.82 Å². The van der Waals surface area contributed by atoms with Crippen LogP contribution < -0.4 is 0 Å². The third kappa shape index (κ3) is 2.80. The predicted octanol–water partition coefficient (Wildman–Crippen LogP) is 3.33. The molecule has 4 nitrogen and oxygen atoms in total. The fraction of sp³-hybridized carbons (Fsp3) is 0.250. The number of nitrogens with zero attached hydrogens (tertiary/aromatic N) is 3. The van der Waals surface area contributed by atoms with Crippen molar-refractivity contribution >= 4 is 11.3 Å². The summed E-state index contributed by atoms with van der Waals surface area (Å²) in [5, 5.41) is 14.1. The van der Waals surface area contributed by atoms with Crippen molar-refractivity contribution in [1.29, 1.82) is 0 Å². The summed E-state index contributed by atoms with van der Waals surface area (Å²) in [5.74, 6) is -0.350. The van der Waals surface area contributed by atoms with E-state index >= 15 is 0 Å². The molecule has 2 heterocycles. The number of aryl methyl sites for hydroxylation is 1. The number of hydrogen-bond acceptors (Lipinski definition) is 4. The minimum Gasteiger partial charge on any atom is -0.389 e. The Bertz CT molecular complexity index is 794. The summed E-state index contributed by atoms with van der Waals surface area (Å²) in [4.78, 5) is 5.39. The van der Waals surface area contributed by atoms with Crippen LogP contribution in [0.15, 0.2) is 36.0 Å². The van der Waals surface area contributed by atoms with E-state index in [2.05, 4.69) is 10.1 Å². The smallest absolute Gasteiger partial charge is 0.123 e. The van der Waals surface area contributed by atoms with Gasteiger partial charge in [0.25, 0.3) is 0 Å². The topological polar surface area (TPSA) is 50.9 Å². The summed E-state index contributed by atoms with van der Waals surface area (Å²) >= 11 is 1.49. The number of hydrogen-bond donors (Lipinski definition) is 1. The van der Waals surface area contributed by atoms with Crippen LogP contribution >= 0.6 is 11.3 Å². The lowest BCUT2D eigenvalue weighted by Gasteiger charge is -2.12. The number of halogens is 1. The molecule has 0 saturated carbocycles. The van der Waals surface area contributed by atoms with Crippen LogP contribution in [-0.2, 0) is 13.5 Å². The fourth-order valence-electron chi connectivity index (χ4n) is 2.45. The van der Waals surface area contributed by atoms with Crippen LogP contribution in [0.25, 0.3) is 10.4 Å². The van der Waals surface area contributed by atoms with E-state index in [0.29, 0.717) is 12.0 Å². The first kappa shape index (κ1) is 14.9. The van der Waals surface area contributed by atoms with Gasteiger partial charge in [0.1, 0.15) is 5.82 Å². The maximum atomic E-state index is 13.5. The number of rotatable bonds is 4. The molecule has 2 aromatic heterocycles. The highest BCUT2D eigenvalue weighted by Gasteiger charge is 2.17. The molecule has 0 aliphatic carbocycles. The van der Waals surface area contributed by atoms with Crippen LogP contribution in [-0.4, -0.2) is 19.9 Å². The lowest BCUT2D eigenvalue weighted by molar-refractivity contribution is 0.199. The molecule has 0 unspecified atom stereocenters. The van der Waals surface area contributed by atoms with E-state index in [1.807, 2.05) is 17.8 Å². The number of benzene rings is 1. The zero-order valence-corrected chi connectivity index (χ0v) is 13.1. The standard InChI is InChI=1S/C16H16FN3OS/c1-10(21)14-7-11(17)3-4-13(14)16-15(18-9-22-16)8-12-5-6-19-20(12)2/h3-7,9-10,21H,8H2,1-2H3/t10-/m1/s1. The summed E-state index contributed by atoms with van der Waals surface area (Å²) in [6.07, 6.45) is 1.66. The molecular weight excluding hydrogens is 301 g/mol. The van der Waals surface area contributed by atoms with Gasteiger partial charge in [0.05, 0.1) is 22.2 Å². The Hall–Kier alpha value is -2.05. The van der Waals surface area contributed by atoms with E-state index in [1.54, 1.807) is 24.7 Å². The van der Waals surface area contributed by atoms with Gasteiger partial charge in [-0.25, -0.2) is 9.37 Å². The van der Waals surface area contributed by atoms with Gasteiger partial charge in [0, 0.05) is 25.4 Å². The Labute approximate surface area is 131 Å². The molecule has 114 valence electrons. The fourth-order valence-corrected chi connectivity index (χ4v) is 3.31. The molecule has 3 aromatic rings. The third-order valence-electron chi connectivity index (χ3n) is 3.62. The Morgan fingerprint density at radius 3 is 2.86 bits per heavy atom. The van der Waals surface area contributed by atoms with Crippen LogP contribution in [0.3, 0.4) is 0 Å². The predicted molar refractivity (Wildman–Crippen MR) is 84.2 cm³/mol. The van der Waals surface area contributed by atoms with Gasteiger partial charge in [-0.05, 0) is 36.2 Å². The highest BCUT2D eigenvalue weighted by molar-refractivity contribution is 7.13. The molecule has 0 saturated heterocycles. The quantitative estimate of drug-likeness (QED) is 0.803. The first-order valence-corrected chi connectivity index (χ1v) is 7.81. The van der Waals surface area contributed by atoms with Gasteiger partial charge >= 0.3 is 0 Å². The van der Waals surface area contributed by atoms with E-state index in [9.17, 15) is 9.50 Å². The minimum atomic E-state index is -0.739. The Morgan fingerprint density at radius 1 is 1.36 bits per heavy atom. The van der Waals surface area contributed by atoms with E-state index in [4.69, 9.17) is 0 Å². The lowest BCUT2D eigenvalue weighted by atomic mass is 10.00. The molecule has 1 atom stereocenters. The Kier molecular flexibility index (Phi) is 4.04. The molecule has 0 bridgehead atoms. The average molecular weight is 317 g/mol. The van der Waals surface area contributed by atoms with Gasteiger partial charge in [0.2, 0.25) is 0 Å². The lowest BCUT2D eigenvalue weighted by Crippen LogP contribution is -2.01. The Morgan fingerprint density at radius 2 is 2.18 bits per heavy atom. The molecule has 0 fully saturated rings. The molecule has 0 amide bonds. The molecule has 6 heteroatoms. The molecule has 3 rings (SSSR count). The highest BCUT2D eigenvalue weighted by atomic mass is 32.1. The Balaban J connectivity index is 2.04. The molecule has 22 heavy (non-hydrogen) atoms. The molecule has 0 aliphatic rings.